The zero-order valence-electron chi connectivity index (χ0n) is 10.9. The number of rotatable bonds is 2. The molecule has 2 aromatic rings. The van der Waals surface area contributed by atoms with Crippen LogP contribution in [0, 0.1) is 0 Å². The lowest BCUT2D eigenvalue weighted by Crippen LogP contribution is -2.22. The summed E-state index contributed by atoms with van der Waals surface area (Å²) in [5.41, 5.74) is 6.83. The molecule has 0 amide bonds. The third kappa shape index (κ3) is 2.33. The zero-order chi connectivity index (χ0) is 14.1. The first-order valence-corrected chi connectivity index (χ1v) is 6.56. The summed E-state index contributed by atoms with van der Waals surface area (Å²) in [6.07, 6.45) is 3.39. The summed E-state index contributed by atoms with van der Waals surface area (Å²) in [6.45, 7) is -0.0764. The number of imidazole rings is 1. The van der Waals surface area contributed by atoms with E-state index in [1.54, 1.807) is 10.9 Å². The zero-order valence-corrected chi connectivity index (χ0v) is 10.9. The molecule has 1 saturated heterocycles. The lowest BCUT2D eigenvalue weighted by molar-refractivity contribution is -0.0740. The molecule has 2 aromatic heterocycles. The molecule has 3 heterocycles. The summed E-state index contributed by atoms with van der Waals surface area (Å²) in [4.78, 5) is 12.2. The van der Waals surface area contributed by atoms with Crippen LogP contribution in [0.5, 0.6) is 0 Å². The molecule has 1 fully saturated rings. The molecule has 0 bridgehead atoms. The third-order valence-corrected chi connectivity index (χ3v) is 3.55. The number of ether oxygens (including phenoxy) is 1. The van der Waals surface area contributed by atoms with Crippen LogP contribution in [0.2, 0.25) is 0 Å². The predicted molar refractivity (Wildman–Crippen MR) is 70.6 cm³/mol. The Kier molecular flexibility index (Phi) is 3.51. The van der Waals surface area contributed by atoms with Crippen LogP contribution in [0.15, 0.2) is 12.7 Å². The lowest BCUT2D eigenvalue weighted by Gasteiger charge is -2.22. The summed E-state index contributed by atoms with van der Waals surface area (Å²) < 4.78 is 7.56. The number of hydrogen-bond donors (Lipinski definition) is 3. The van der Waals surface area contributed by atoms with Gasteiger partial charge in [-0.15, -0.1) is 0 Å². The average molecular weight is 279 g/mol. The molecule has 1 aliphatic rings. The Hall–Kier alpha value is -1.77. The van der Waals surface area contributed by atoms with E-state index >= 15 is 0 Å². The van der Waals surface area contributed by atoms with E-state index in [0.717, 1.165) is 0 Å². The van der Waals surface area contributed by atoms with Crippen LogP contribution in [0.25, 0.3) is 11.2 Å². The van der Waals surface area contributed by atoms with Gasteiger partial charge in [-0.05, 0) is 12.8 Å². The van der Waals surface area contributed by atoms with Crippen LogP contribution in [-0.2, 0) is 4.74 Å². The highest BCUT2D eigenvalue weighted by atomic mass is 16.5. The predicted octanol–water partition coefficient (Wildman–Crippen LogP) is -0.171. The summed E-state index contributed by atoms with van der Waals surface area (Å²) >= 11 is 0. The van der Waals surface area contributed by atoms with Crippen molar-refractivity contribution in [3.8, 4) is 0 Å². The maximum absolute atomic E-state index is 9.95. The van der Waals surface area contributed by atoms with Gasteiger partial charge in [0.25, 0.3) is 0 Å². The molecular weight excluding hydrogens is 262 g/mol. The fourth-order valence-corrected chi connectivity index (χ4v) is 2.47. The van der Waals surface area contributed by atoms with Crippen molar-refractivity contribution in [2.75, 3.05) is 12.3 Å². The number of aromatic nitrogens is 4. The SMILES string of the molecule is Nc1ncnc2c1ncn2[C@H]1C[C@H](O)CC[C@@H](CO)O1. The second-order valence-corrected chi connectivity index (χ2v) is 4.95. The van der Waals surface area contributed by atoms with Crippen molar-refractivity contribution in [1.82, 2.24) is 19.5 Å². The van der Waals surface area contributed by atoms with E-state index in [9.17, 15) is 10.2 Å². The number of nitrogens with zero attached hydrogens (tertiary/aromatic N) is 4. The van der Waals surface area contributed by atoms with Crippen molar-refractivity contribution in [1.29, 1.82) is 0 Å². The molecular formula is C12H17N5O3. The molecule has 8 heteroatoms. The number of fused-ring (bicyclic) bond motifs is 1. The minimum atomic E-state index is -0.479. The molecule has 0 radical (unpaired) electrons. The van der Waals surface area contributed by atoms with Gasteiger partial charge in [0.05, 0.1) is 25.1 Å². The van der Waals surface area contributed by atoms with E-state index in [-0.39, 0.29) is 12.7 Å². The van der Waals surface area contributed by atoms with Gasteiger partial charge in [-0.25, -0.2) is 15.0 Å². The van der Waals surface area contributed by atoms with E-state index in [4.69, 9.17) is 10.5 Å². The standard InChI is InChI=1S/C12H17N5O3/c13-11-10-12(15-5-14-11)17(6-16-10)9-3-7(19)1-2-8(4-18)20-9/h5-9,18-19H,1-4H2,(H2,13,14,15)/t7-,8+,9-/m1/s1. The molecule has 108 valence electrons. The second-order valence-electron chi connectivity index (χ2n) is 4.95. The Morgan fingerprint density at radius 3 is 3.00 bits per heavy atom. The minimum Gasteiger partial charge on any atom is -0.394 e. The Morgan fingerprint density at radius 1 is 1.35 bits per heavy atom. The summed E-state index contributed by atoms with van der Waals surface area (Å²) in [6, 6.07) is 0. The molecule has 0 aromatic carbocycles. The Morgan fingerprint density at radius 2 is 2.20 bits per heavy atom. The molecule has 3 rings (SSSR count). The van der Waals surface area contributed by atoms with Gasteiger partial charge in [0.1, 0.15) is 18.1 Å². The maximum atomic E-state index is 9.95. The van der Waals surface area contributed by atoms with E-state index in [1.807, 2.05) is 0 Å². The topological polar surface area (TPSA) is 119 Å². The largest absolute Gasteiger partial charge is 0.394 e. The van der Waals surface area contributed by atoms with Gasteiger partial charge in [0.2, 0.25) is 0 Å². The molecule has 8 nitrogen and oxygen atoms in total. The van der Waals surface area contributed by atoms with Gasteiger partial charge in [0.15, 0.2) is 11.5 Å². The normalized spacial score (nSPS) is 27.6. The number of aliphatic hydroxyl groups excluding tert-OH is 2. The minimum absolute atomic E-state index is 0.0764. The molecule has 0 saturated carbocycles. The van der Waals surface area contributed by atoms with Crippen LogP contribution >= 0.6 is 0 Å². The first kappa shape index (κ1) is 13.2. The number of hydrogen-bond acceptors (Lipinski definition) is 7. The smallest absolute Gasteiger partial charge is 0.167 e. The Labute approximate surface area is 115 Å². The Balaban J connectivity index is 1.98. The van der Waals surface area contributed by atoms with Crippen LogP contribution in [-0.4, -0.2) is 48.5 Å². The average Bonchev–Trinajstić information content (AvgIpc) is 2.78. The summed E-state index contributed by atoms with van der Waals surface area (Å²) in [5, 5.41) is 19.2. The molecule has 1 aliphatic heterocycles. The monoisotopic (exact) mass is 279 g/mol. The number of aliphatic hydroxyl groups is 2. The molecule has 3 atom stereocenters. The van der Waals surface area contributed by atoms with Crippen molar-refractivity contribution in [2.45, 2.75) is 37.7 Å². The Bertz CT molecular complexity index is 602. The lowest BCUT2D eigenvalue weighted by atomic mass is 10.1. The van der Waals surface area contributed by atoms with Crippen molar-refractivity contribution < 1.29 is 14.9 Å². The summed E-state index contributed by atoms with van der Waals surface area (Å²) in [5.74, 6) is 0.307. The fourth-order valence-electron chi connectivity index (χ4n) is 2.47. The molecule has 0 spiro atoms. The van der Waals surface area contributed by atoms with Gasteiger partial charge in [-0.2, -0.15) is 0 Å². The van der Waals surface area contributed by atoms with Gasteiger partial charge in [0, 0.05) is 6.42 Å². The number of nitrogen functional groups attached to an aromatic ring is 1. The number of anilines is 1. The maximum Gasteiger partial charge on any atom is 0.167 e. The highest BCUT2D eigenvalue weighted by Crippen LogP contribution is 2.28. The van der Waals surface area contributed by atoms with Crippen LogP contribution < -0.4 is 5.73 Å². The van der Waals surface area contributed by atoms with Crippen molar-refractivity contribution in [3.05, 3.63) is 12.7 Å². The summed E-state index contributed by atoms with van der Waals surface area (Å²) in [7, 11) is 0. The van der Waals surface area contributed by atoms with Crippen LogP contribution in [0.1, 0.15) is 25.5 Å². The van der Waals surface area contributed by atoms with E-state index in [1.165, 1.54) is 6.33 Å². The van der Waals surface area contributed by atoms with Gasteiger partial charge in [-0.3, -0.25) is 4.57 Å². The van der Waals surface area contributed by atoms with Crippen molar-refractivity contribution in [2.24, 2.45) is 0 Å². The van der Waals surface area contributed by atoms with E-state index < -0.39 is 12.3 Å². The highest BCUT2D eigenvalue weighted by Gasteiger charge is 2.27. The first-order valence-electron chi connectivity index (χ1n) is 6.56. The molecule has 0 unspecified atom stereocenters. The van der Waals surface area contributed by atoms with E-state index in [2.05, 4.69) is 15.0 Å². The van der Waals surface area contributed by atoms with Crippen molar-refractivity contribution in [3.63, 3.8) is 0 Å². The molecule has 4 N–H and O–H groups in total. The van der Waals surface area contributed by atoms with E-state index in [0.29, 0.717) is 36.2 Å². The first-order chi connectivity index (χ1) is 9.69. The van der Waals surface area contributed by atoms with Gasteiger partial charge in [-0.1, -0.05) is 0 Å². The number of nitrogens with two attached hydrogens (primary N) is 1. The van der Waals surface area contributed by atoms with Crippen LogP contribution in [0.4, 0.5) is 5.82 Å². The fraction of sp³-hybridized carbons (Fsp3) is 0.583. The highest BCUT2D eigenvalue weighted by molar-refractivity contribution is 5.81. The quantitative estimate of drug-likeness (QED) is 0.698. The van der Waals surface area contributed by atoms with Crippen LogP contribution in [0.3, 0.4) is 0 Å². The van der Waals surface area contributed by atoms with Gasteiger partial charge >= 0.3 is 0 Å². The van der Waals surface area contributed by atoms with Gasteiger partial charge < -0.3 is 20.7 Å². The van der Waals surface area contributed by atoms with Crippen molar-refractivity contribution >= 4 is 17.0 Å². The second kappa shape index (κ2) is 5.31. The molecule has 20 heavy (non-hydrogen) atoms. The molecule has 0 aliphatic carbocycles. The third-order valence-electron chi connectivity index (χ3n) is 3.55.